The number of hydrogen-bond acceptors (Lipinski definition) is 5. The molecule has 0 aliphatic carbocycles. The summed E-state index contributed by atoms with van der Waals surface area (Å²) in [6.07, 6.45) is 3.45. The molecule has 0 aromatic carbocycles. The number of halogens is 1. The van der Waals surface area contributed by atoms with E-state index in [1.165, 1.54) is 0 Å². The summed E-state index contributed by atoms with van der Waals surface area (Å²) in [6.45, 7) is 4.09. The second-order valence-corrected chi connectivity index (χ2v) is 5.49. The Hall–Kier alpha value is -1.93. The van der Waals surface area contributed by atoms with Gasteiger partial charge in [-0.2, -0.15) is 10.2 Å². The zero-order chi connectivity index (χ0) is 14.6. The number of pyridine rings is 1. The average Bonchev–Trinajstić information content (AvgIpc) is 2.88. The maximum absolute atomic E-state index is 8.88. The van der Waals surface area contributed by atoms with E-state index in [4.69, 9.17) is 21.4 Å². The molecule has 20 heavy (non-hydrogen) atoms. The molecule has 2 heterocycles. The van der Waals surface area contributed by atoms with E-state index < -0.39 is 0 Å². The zero-order valence-corrected chi connectivity index (χ0v) is 12.2. The van der Waals surface area contributed by atoms with Crippen LogP contribution in [0.2, 0.25) is 5.02 Å². The van der Waals surface area contributed by atoms with Crippen LogP contribution in [-0.4, -0.2) is 15.1 Å². The minimum Gasteiger partial charge on any atom is -0.339 e. The molecule has 0 bridgehead atoms. The molecule has 1 unspecified atom stereocenters. The summed E-state index contributed by atoms with van der Waals surface area (Å²) in [5.74, 6) is 0.962. The second-order valence-electron chi connectivity index (χ2n) is 5.05. The minimum absolute atomic E-state index is 0.147. The SMILES string of the molecule is CCC(C)(CC#N)Cc1nc(-c2ccc(Cl)cn2)no1. The van der Waals surface area contributed by atoms with Crippen molar-refractivity contribution in [2.24, 2.45) is 5.41 Å². The molecule has 2 aromatic rings. The van der Waals surface area contributed by atoms with Gasteiger partial charge in [0.05, 0.1) is 11.1 Å². The number of aromatic nitrogens is 3. The van der Waals surface area contributed by atoms with E-state index in [1.54, 1.807) is 18.3 Å². The summed E-state index contributed by atoms with van der Waals surface area (Å²) in [4.78, 5) is 8.48. The van der Waals surface area contributed by atoms with Crippen molar-refractivity contribution in [1.29, 1.82) is 5.26 Å². The third-order valence-corrected chi connectivity index (χ3v) is 3.59. The van der Waals surface area contributed by atoms with Crippen molar-refractivity contribution in [1.82, 2.24) is 15.1 Å². The van der Waals surface area contributed by atoms with Crippen LogP contribution in [0, 0.1) is 16.7 Å². The maximum Gasteiger partial charge on any atom is 0.227 e. The lowest BCUT2D eigenvalue weighted by Gasteiger charge is -2.22. The van der Waals surface area contributed by atoms with E-state index in [0.717, 1.165) is 6.42 Å². The molecule has 1 atom stereocenters. The van der Waals surface area contributed by atoms with E-state index in [-0.39, 0.29) is 5.41 Å². The van der Waals surface area contributed by atoms with Crippen LogP contribution < -0.4 is 0 Å². The Bertz CT molecular complexity index is 617. The Morgan fingerprint density at radius 1 is 1.45 bits per heavy atom. The maximum atomic E-state index is 8.88. The molecule has 0 saturated carbocycles. The molecule has 2 aromatic heterocycles. The normalized spacial score (nSPS) is 13.7. The highest BCUT2D eigenvalue weighted by atomic mass is 35.5. The monoisotopic (exact) mass is 290 g/mol. The first-order valence-electron chi connectivity index (χ1n) is 6.38. The van der Waals surface area contributed by atoms with Gasteiger partial charge < -0.3 is 4.52 Å². The van der Waals surface area contributed by atoms with Gasteiger partial charge >= 0.3 is 0 Å². The van der Waals surface area contributed by atoms with Gasteiger partial charge in [0.2, 0.25) is 11.7 Å². The van der Waals surface area contributed by atoms with Gasteiger partial charge in [-0.3, -0.25) is 4.98 Å². The third-order valence-electron chi connectivity index (χ3n) is 3.36. The number of rotatable bonds is 5. The highest BCUT2D eigenvalue weighted by Gasteiger charge is 2.25. The highest BCUT2D eigenvalue weighted by molar-refractivity contribution is 6.30. The van der Waals surface area contributed by atoms with E-state index in [9.17, 15) is 0 Å². The van der Waals surface area contributed by atoms with Crippen LogP contribution >= 0.6 is 11.6 Å². The van der Waals surface area contributed by atoms with Gasteiger partial charge in [-0.15, -0.1) is 0 Å². The van der Waals surface area contributed by atoms with Gasteiger partial charge in [-0.05, 0) is 24.0 Å². The van der Waals surface area contributed by atoms with Gasteiger partial charge in [0.25, 0.3) is 0 Å². The Balaban J connectivity index is 2.17. The Morgan fingerprint density at radius 2 is 2.25 bits per heavy atom. The fourth-order valence-electron chi connectivity index (χ4n) is 1.81. The van der Waals surface area contributed by atoms with Crippen molar-refractivity contribution in [3.8, 4) is 17.6 Å². The second kappa shape index (κ2) is 6.02. The fourth-order valence-corrected chi connectivity index (χ4v) is 1.92. The molecule has 0 spiro atoms. The first kappa shape index (κ1) is 14.5. The fraction of sp³-hybridized carbons (Fsp3) is 0.429. The van der Waals surface area contributed by atoms with Crippen molar-refractivity contribution in [2.45, 2.75) is 33.1 Å². The molecule has 6 heteroatoms. The van der Waals surface area contributed by atoms with Crippen LogP contribution in [0.4, 0.5) is 0 Å². The van der Waals surface area contributed by atoms with E-state index in [1.807, 2.05) is 6.92 Å². The zero-order valence-electron chi connectivity index (χ0n) is 11.4. The van der Waals surface area contributed by atoms with Gasteiger partial charge in [0.1, 0.15) is 5.69 Å². The Kier molecular flexibility index (Phi) is 4.35. The van der Waals surface area contributed by atoms with Crippen LogP contribution in [0.5, 0.6) is 0 Å². The van der Waals surface area contributed by atoms with Crippen LogP contribution in [0.25, 0.3) is 11.5 Å². The van der Waals surface area contributed by atoms with Gasteiger partial charge in [0.15, 0.2) is 0 Å². The first-order valence-corrected chi connectivity index (χ1v) is 6.75. The van der Waals surface area contributed by atoms with Gasteiger partial charge in [-0.25, -0.2) is 0 Å². The summed E-state index contributed by atoms with van der Waals surface area (Å²) in [7, 11) is 0. The van der Waals surface area contributed by atoms with E-state index in [2.05, 4.69) is 28.1 Å². The molecular formula is C14H15ClN4O. The summed E-state index contributed by atoms with van der Waals surface area (Å²) < 4.78 is 5.25. The molecule has 5 nitrogen and oxygen atoms in total. The molecule has 0 aliphatic heterocycles. The van der Waals surface area contributed by atoms with E-state index in [0.29, 0.717) is 35.3 Å². The Morgan fingerprint density at radius 3 is 2.85 bits per heavy atom. The molecule has 2 rings (SSSR count). The lowest BCUT2D eigenvalue weighted by molar-refractivity contribution is 0.266. The smallest absolute Gasteiger partial charge is 0.227 e. The van der Waals surface area contributed by atoms with Crippen LogP contribution in [-0.2, 0) is 6.42 Å². The molecule has 0 aliphatic rings. The third kappa shape index (κ3) is 3.34. The molecule has 0 fully saturated rings. The molecular weight excluding hydrogens is 276 g/mol. The van der Waals surface area contributed by atoms with Gasteiger partial charge in [-0.1, -0.05) is 30.6 Å². The standard InChI is InChI=1S/C14H15ClN4O/c1-3-14(2,6-7-16)8-12-18-13(19-20-12)11-5-4-10(15)9-17-11/h4-5,9H,3,6,8H2,1-2H3. The van der Waals surface area contributed by atoms with Crippen molar-refractivity contribution < 1.29 is 4.52 Å². The van der Waals surface area contributed by atoms with Crippen molar-refractivity contribution >= 4 is 11.6 Å². The van der Waals surface area contributed by atoms with Crippen LogP contribution in [0.3, 0.4) is 0 Å². The molecule has 0 radical (unpaired) electrons. The highest BCUT2D eigenvalue weighted by Crippen LogP contribution is 2.30. The average molecular weight is 291 g/mol. The largest absolute Gasteiger partial charge is 0.339 e. The minimum atomic E-state index is -0.147. The first-order chi connectivity index (χ1) is 9.56. The molecule has 104 valence electrons. The summed E-state index contributed by atoms with van der Waals surface area (Å²) in [6, 6.07) is 5.68. The summed E-state index contributed by atoms with van der Waals surface area (Å²) >= 11 is 5.79. The topological polar surface area (TPSA) is 75.6 Å². The number of hydrogen-bond donors (Lipinski definition) is 0. The van der Waals surface area contributed by atoms with Crippen LogP contribution in [0.1, 0.15) is 32.6 Å². The predicted octanol–water partition coefficient (Wildman–Crippen LogP) is 3.66. The summed E-state index contributed by atoms with van der Waals surface area (Å²) in [5, 5.41) is 13.4. The van der Waals surface area contributed by atoms with Crippen molar-refractivity contribution in [2.75, 3.05) is 0 Å². The number of nitriles is 1. The Labute approximate surface area is 122 Å². The van der Waals surface area contributed by atoms with Crippen molar-refractivity contribution in [3.63, 3.8) is 0 Å². The molecule has 0 amide bonds. The lowest BCUT2D eigenvalue weighted by atomic mass is 9.81. The van der Waals surface area contributed by atoms with Gasteiger partial charge in [0, 0.05) is 19.0 Å². The van der Waals surface area contributed by atoms with Crippen LogP contribution in [0.15, 0.2) is 22.9 Å². The molecule has 0 N–H and O–H groups in total. The van der Waals surface area contributed by atoms with Crippen molar-refractivity contribution in [3.05, 3.63) is 29.2 Å². The van der Waals surface area contributed by atoms with E-state index >= 15 is 0 Å². The number of nitrogens with zero attached hydrogens (tertiary/aromatic N) is 4. The predicted molar refractivity (Wildman–Crippen MR) is 74.9 cm³/mol. The molecule has 0 saturated heterocycles. The quantitative estimate of drug-likeness (QED) is 0.840. The lowest BCUT2D eigenvalue weighted by Crippen LogP contribution is -2.18. The summed E-state index contributed by atoms with van der Waals surface area (Å²) in [5.41, 5.74) is 0.467.